The average Bonchev–Trinajstić information content (AvgIpc) is 2.97. The molecule has 0 saturated carbocycles. The number of hydrogen-bond acceptors (Lipinski definition) is 5. The molecule has 0 aliphatic carbocycles. The summed E-state index contributed by atoms with van der Waals surface area (Å²) in [6.07, 6.45) is 0.662. The topological polar surface area (TPSA) is 63.8 Å². The first-order chi connectivity index (χ1) is 10.3. The van der Waals surface area contributed by atoms with E-state index in [0.717, 1.165) is 17.1 Å². The van der Waals surface area contributed by atoms with E-state index in [4.69, 9.17) is 4.42 Å². The van der Waals surface area contributed by atoms with Gasteiger partial charge < -0.3 is 9.73 Å². The van der Waals surface area contributed by atoms with Gasteiger partial charge in [-0.15, -0.1) is 10.2 Å². The molecule has 0 saturated heterocycles. The van der Waals surface area contributed by atoms with E-state index in [-0.39, 0.29) is 0 Å². The van der Waals surface area contributed by atoms with E-state index >= 15 is 0 Å². The zero-order valence-corrected chi connectivity index (χ0v) is 11.8. The number of hydrogen-bond donors (Lipinski definition) is 1. The lowest BCUT2D eigenvalue weighted by Crippen LogP contribution is -2.06. The molecule has 0 aliphatic rings. The number of nitrogens with zero attached hydrogens (tertiary/aromatic N) is 3. The standard InChI is InChI=1S/C16H16N4O/c1-12-6-5-9-14(18-12)17-11-10-15-19-20-16(21-15)13-7-3-2-4-8-13/h2-9H,10-11H2,1H3,(H,17,18). The number of aryl methyl sites for hydroxylation is 1. The minimum absolute atomic E-state index is 0.555. The van der Waals surface area contributed by atoms with Crippen LogP contribution in [0.3, 0.4) is 0 Å². The Labute approximate surface area is 123 Å². The molecule has 0 amide bonds. The Morgan fingerprint density at radius 1 is 1.00 bits per heavy atom. The predicted molar refractivity (Wildman–Crippen MR) is 80.9 cm³/mol. The molecule has 1 aromatic carbocycles. The first-order valence-corrected chi connectivity index (χ1v) is 6.86. The van der Waals surface area contributed by atoms with Crippen LogP contribution in [0, 0.1) is 6.92 Å². The van der Waals surface area contributed by atoms with Gasteiger partial charge in [0.05, 0.1) is 0 Å². The third kappa shape index (κ3) is 3.45. The lowest BCUT2D eigenvalue weighted by molar-refractivity contribution is 0.509. The molecule has 0 radical (unpaired) electrons. The number of aromatic nitrogens is 3. The highest BCUT2D eigenvalue weighted by molar-refractivity contribution is 5.51. The van der Waals surface area contributed by atoms with Crippen molar-refractivity contribution in [3.8, 4) is 11.5 Å². The molecule has 1 N–H and O–H groups in total. The maximum absolute atomic E-state index is 5.65. The van der Waals surface area contributed by atoms with Gasteiger partial charge in [-0.3, -0.25) is 0 Å². The summed E-state index contributed by atoms with van der Waals surface area (Å²) in [7, 11) is 0. The molecule has 106 valence electrons. The number of pyridine rings is 1. The van der Waals surface area contributed by atoms with E-state index in [0.29, 0.717) is 24.7 Å². The molecule has 2 aromatic heterocycles. The van der Waals surface area contributed by atoms with E-state index in [1.54, 1.807) is 0 Å². The zero-order valence-electron chi connectivity index (χ0n) is 11.8. The Kier molecular flexibility index (Phi) is 3.91. The molecule has 3 rings (SSSR count). The molecular formula is C16H16N4O. The molecule has 21 heavy (non-hydrogen) atoms. The molecule has 0 atom stereocenters. The smallest absolute Gasteiger partial charge is 0.247 e. The van der Waals surface area contributed by atoms with Crippen molar-refractivity contribution in [2.45, 2.75) is 13.3 Å². The first-order valence-electron chi connectivity index (χ1n) is 6.86. The Morgan fingerprint density at radius 3 is 2.67 bits per heavy atom. The molecule has 0 bridgehead atoms. The number of nitrogens with one attached hydrogen (secondary N) is 1. The number of rotatable bonds is 5. The van der Waals surface area contributed by atoms with Crippen molar-refractivity contribution in [2.75, 3.05) is 11.9 Å². The van der Waals surface area contributed by atoms with Crippen molar-refractivity contribution >= 4 is 5.82 Å². The third-order valence-corrected chi connectivity index (χ3v) is 3.02. The summed E-state index contributed by atoms with van der Waals surface area (Å²) in [6.45, 7) is 2.67. The maximum Gasteiger partial charge on any atom is 0.247 e. The van der Waals surface area contributed by atoms with Crippen LogP contribution in [0.4, 0.5) is 5.82 Å². The van der Waals surface area contributed by atoms with Gasteiger partial charge in [-0.25, -0.2) is 4.98 Å². The monoisotopic (exact) mass is 280 g/mol. The Balaban J connectivity index is 1.58. The molecule has 0 fully saturated rings. The molecule has 3 aromatic rings. The molecule has 2 heterocycles. The zero-order chi connectivity index (χ0) is 14.5. The summed E-state index contributed by atoms with van der Waals surface area (Å²) in [4.78, 5) is 4.38. The van der Waals surface area contributed by atoms with E-state index < -0.39 is 0 Å². The van der Waals surface area contributed by atoms with Crippen LogP contribution in [0.2, 0.25) is 0 Å². The number of benzene rings is 1. The average molecular weight is 280 g/mol. The largest absolute Gasteiger partial charge is 0.421 e. The fraction of sp³-hybridized carbons (Fsp3) is 0.188. The Bertz CT molecular complexity index is 709. The van der Waals surface area contributed by atoms with E-state index in [1.807, 2.05) is 55.5 Å². The summed E-state index contributed by atoms with van der Waals surface area (Å²) in [6, 6.07) is 15.6. The summed E-state index contributed by atoms with van der Waals surface area (Å²) in [5.74, 6) is 2.03. The molecular weight excluding hydrogens is 264 g/mol. The predicted octanol–water partition coefficient (Wildman–Crippen LogP) is 3.09. The molecule has 0 aliphatic heterocycles. The quantitative estimate of drug-likeness (QED) is 0.778. The summed E-state index contributed by atoms with van der Waals surface area (Å²) in [5, 5.41) is 11.4. The Hall–Kier alpha value is -2.69. The molecule has 5 heteroatoms. The molecule has 5 nitrogen and oxygen atoms in total. The third-order valence-electron chi connectivity index (χ3n) is 3.02. The van der Waals surface area contributed by atoms with Crippen molar-refractivity contribution in [3.05, 3.63) is 60.1 Å². The van der Waals surface area contributed by atoms with Crippen molar-refractivity contribution in [3.63, 3.8) is 0 Å². The SMILES string of the molecule is Cc1cccc(NCCc2nnc(-c3ccccc3)o2)n1. The minimum Gasteiger partial charge on any atom is -0.421 e. The van der Waals surface area contributed by atoms with Crippen molar-refractivity contribution in [1.82, 2.24) is 15.2 Å². The van der Waals surface area contributed by atoms with E-state index in [9.17, 15) is 0 Å². The van der Waals surface area contributed by atoms with Gasteiger partial charge in [0, 0.05) is 24.2 Å². The first kappa shape index (κ1) is 13.3. The summed E-state index contributed by atoms with van der Waals surface area (Å²) >= 11 is 0. The van der Waals surface area contributed by atoms with Gasteiger partial charge in [-0.1, -0.05) is 24.3 Å². The van der Waals surface area contributed by atoms with Crippen LogP contribution in [-0.2, 0) is 6.42 Å². The normalized spacial score (nSPS) is 10.5. The highest BCUT2D eigenvalue weighted by Gasteiger charge is 2.07. The van der Waals surface area contributed by atoms with Crippen LogP contribution >= 0.6 is 0 Å². The summed E-state index contributed by atoms with van der Waals surface area (Å²) < 4.78 is 5.65. The van der Waals surface area contributed by atoms with Crippen molar-refractivity contribution in [2.24, 2.45) is 0 Å². The van der Waals surface area contributed by atoms with Crippen LogP contribution in [-0.4, -0.2) is 21.7 Å². The second-order valence-electron chi connectivity index (χ2n) is 4.71. The lowest BCUT2D eigenvalue weighted by atomic mass is 10.2. The fourth-order valence-electron chi connectivity index (χ4n) is 1.99. The minimum atomic E-state index is 0.555. The lowest BCUT2D eigenvalue weighted by Gasteiger charge is -2.03. The van der Waals surface area contributed by atoms with Crippen molar-refractivity contribution in [1.29, 1.82) is 0 Å². The second-order valence-corrected chi connectivity index (χ2v) is 4.71. The maximum atomic E-state index is 5.65. The van der Waals surface area contributed by atoms with Crippen LogP contribution in [0.25, 0.3) is 11.5 Å². The number of anilines is 1. The van der Waals surface area contributed by atoms with E-state index in [2.05, 4.69) is 20.5 Å². The van der Waals surface area contributed by atoms with Gasteiger partial charge in [0.15, 0.2) is 0 Å². The van der Waals surface area contributed by atoms with Gasteiger partial charge in [-0.2, -0.15) is 0 Å². The molecule has 0 unspecified atom stereocenters. The van der Waals surface area contributed by atoms with Gasteiger partial charge in [0.2, 0.25) is 11.8 Å². The fourth-order valence-corrected chi connectivity index (χ4v) is 1.99. The van der Waals surface area contributed by atoms with E-state index in [1.165, 1.54) is 0 Å². The van der Waals surface area contributed by atoms with Crippen LogP contribution in [0.5, 0.6) is 0 Å². The van der Waals surface area contributed by atoms with Crippen LogP contribution in [0.1, 0.15) is 11.6 Å². The van der Waals surface area contributed by atoms with Gasteiger partial charge in [-0.05, 0) is 31.2 Å². The van der Waals surface area contributed by atoms with Gasteiger partial charge in [0.25, 0.3) is 0 Å². The Morgan fingerprint density at radius 2 is 1.86 bits per heavy atom. The highest BCUT2D eigenvalue weighted by Crippen LogP contribution is 2.17. The van der Waals surface area contributed by atoms with Gasteiger partial charge in [0.1, 0.15) is 5.82 Å². The van der Waals surface area contributed by atoms with Gasteiger partial charge >= 0.3 is 0 Å². The molecule has 0 spiro atoms. The van der Waals surface area contributed by atoms with Crippen LogP contribution in [0.15, 0.2) is 52.9 Å². The van der Waals surface area contributed by atoms with Crippen LogP contribution < -0.4 is 5.32 Å². The highest BCUT2D eigenvalue weighted by atomic mass is 16.4. The van der Waals surface area contributed by atoms with Crippen molar-refractivity contribution < 1.29 is 4.42 Å². The summed E-state index contributed by atoms with van der Waals surface area (Å²) in [5.41, 5.74) is 1.92. The second kappa shape index (κ2) is 6.17.